The van der Waals surface area contributed by atoms with Crippen LogP contribution in [0.2, 0.25) is 0 Å². The van der Waals surface area contributed by atoms with Crippen molar-refractivity contribution in [2.75, 3.05) is 18.4 Å². The van der Waals surface area contributed by atoms with Crippen LogP contribution >= 0.6 is 31.9 Å². The first-order valence-electron chi connectivity index (χ1n) is 6.18. The van der Waals surface area contributed by atoms with E-state index in [-0.39, 0.29) is 0 Å². The van der Waals surface area contributed by atoms with E-state index in [0.717, 1.165) is 15.0 Å². The summed E-state index contributed by atoms with van der Waals surface area (Å²) in [6, 6.07) is 7.78. The van der Waals surface area contributed by atoms with E-state index in [0.29, 0.717) is 6.04 Å². The van der Waals surface area contributed by atoms with Crippen LogP contribution in [0.15, 0.2) is 27.1 Å². The van der Waals surface area contributed by atoms with Crippen LogP contribution in [0.4, 0.5) is 5.69 Å². The molecule has 1 aromatic rings. The van der Waals surface area contributed by atoms with Gasteiger partial charge in [0.2, 0.25) is 0 Å². The van der Waals surface area contributed by atoms with Crippen molar-refractivity contribution in [3.05, 3.63) is 27.1 Å². The van der Waals surface area contributed by atoms with Gasteiger partial charge < -0.3 is 5.32 Å². The third-order valence-electron chi connectivity index (χ3n) is 3.57. The lowest BCUT2D eigenvalue weighted by atomic mass is 10.2. The molecule has 1 aliphatic heterocycles. The van der Waals surface area contributed by atoms with Gasteiger partial charge in [-0.25, -0.2) is 0 Å². The Morgan fingerprint density at radius 1 is 1.18 bits per heavy atom. The van der Waals surface area contributed by atoms with Gasteiger partial charge in [-0.05, 0) is 53.4 Å². The fourth-order valence-corrected chi connectivity index (χ4v) is 3.23. The lowest BCUT2D eigenvalue weighted by Crippen LogP contribution is -2.27. The summed E-state index contributed by atoms with van der Waals surface area (Å²) < 4.78 is 2.27. The summed E-state index contributed by atoms with van der Waals surface area (Å²) in [6.07, 6.45) is 4.08. The number of anilines is 1. The van der Waals surface area contributed by atoms with E-state index in [4.69, 9.17) is 0 Å². The molecular weight excluding hydrogens is 344 g/mol. The zero-order valence-electron chi connectivity index (χ0n) is 9.63. The van der Waals surface area contributed by atoms with E-state index in [1.165, 1.54) is 38.0 Å². The molecule has 17 heavy (non-hydrogen) atoms. The molecule has 1 saturated heterocycles. The van der Waals surface area contributed by atoms with Gasteiger partial charge in [0.25, 0.3) is 0 Å². The van der Waals surface area contributed by atoms with Gasteiger partial charge in [-0.3, -0.25) is 4.90 Å². The van der Waals surface area contributed by atoms with Crippen LogP contribution < -0.4 is 5.32 Å². The molecule has 0 spiro atoms. The highest BCUT2D eigenvalue weighted by Gasteiger charge is 2.34. The number of nitrogens with zero attached hydrogens (tertiary/aromatic N) is 1. The second kappa shape index (κ2) is 4.90. The van der Waals surface area contributed by atoms with E-state index in [2.05, 4.69) is 60.3 Å². The first kappa shape index (κ1) is 12.0. The van der Waals surface area contributed by atoms with E-state index in [1.807, 2.05) is 0 Å². The van der Waals surface area contributed by atoms with Gasteiger partial charge in [0.1, 0.15) is 0 Å². The second-order valence-electron chi connectivity index (χ2n) is 4.98. The normalized spacial score (nSPS) is 25.2. The fraction of sp³-hybridized carbons (Fsp3) is 0.538. The molecule has 1 aromatic carbocycles. The molecule has 1 unspecified atom stereocenters. The average Bonchev–Trinajstić information content (AvgIpc) is 3.05. The van der Waals surface area contributed by atoms with Crippen molar-refractivity contribution in [2.24, 2.45) is 0 Å². The number of nitrogens with one attached hydrogen (secondary N) is 1. The monoisotopic (exact) mass is 358 g/mol. The molecule has 1 atom stereocenters. The third-order valence-corrected chi connectivity index (χ3v) is 4.76. The number of benzene rings is 1. The largest absolute Gasteiger partial charge is 0.380 e. The number of halogens is 2. The van der Waals surface area contributed by atoms with E-state index in [9.17, 15) is 0 Å². The van der Waals surface area contributed by atoms with E-state index in [1.54, 1.807) is 0 Å². The van der Waals surface area contributed by atoms with Gasteiger partial charge in [-0.15, -0.1) is 0 Å². The fourth-order valence-electron chi connectivity index (χ4n) is 2.50. The van der Waals surface area contributed by atoms with Crippen LogP contribution in [-0.4, -0.2) is 30.1 Å². The lowest BCUT2D eigenvalue weighted by molar-refractivity contribution is 0.326. The molecule has 1 heterocycles. The van der Waals surface area contributed by atoms with Crippen molar-refractivity contribution < 1.29 is 0 Å². The Hall–Kier alpha value is -0.0600. The van der Waals surface area contributed by atoms with E-state index < -0.39 is 0 Å². The smallest absolute Gasteiger partial charge is 0.0498 e. The minimum Gasteiger partial charge on any atom is -0.380 e. The Bertz CT molecular complexity index is 418. The molecule has 0 bridgehead atoms. The zero-order valence-corrected chi connectivity index (χ0v) is 12.8. The first-order chi connectivity index (χ1) is 8.22. The van der Waals surface area contributed by atoms with Gasteiger partial charge >= 0.3 is 0 Å². The lowest BCUT2D eigenvalue weighted by Gasteiger charge is -2.17. The van der Waals surface area contributed by atoms with Gasteiger partial charge in [0, 0.05) is 39.8 Å². The molecule has 1 saturated carbocycles. The minimum absolute atomic E-state index is 0.598. The van der Waals surface area contributed by atoms with Crippen molar-refractivity contribution in [1.82, 2.24) is 4.90 Å². The zero-order chi connectivity index (χ0) is 11.8. The Morgan fingerprint density at radius 2 is 2.00 bits per heavy atom. The average molecular weight is 360 g/mol. The summed E-state index contributed by atoms with van der Waals surface area (Å²) >= 11 is 7.12. The number of likely N-dealkylation sites (tertiary alicyclic amines) is 1. The van der Waals surface area contributed by atoms with Crippen molar-refractivity contribution in [3.63, 3.8) is 0 Å². The van der Waals surface area contributed by atoms with Crippen LogP contribution in [0.5, 0.6) is 0 Å². The van der Waals surface area contributed by atoms with Gasteiger partial charge in [-0.2, -0.15) is 0 Å². The van der Waals surface area contributed by atoms with Crippen LogP contribution in [0, 0.1) is 0 Å². The summed E-state index contributed by atoms with van der Waals surface area (Å²) in [6.45, 7) is 2.46. The second-order valence-corrected chi connectivity index (χ2v) is 6.75. The Morgan fingerprint density at radius 3 is 2.76 bits per heavy atom. The van der Waals surface area contributed by atoms with Crippen LogP contribution in [0.3, 0.4) is 0 Å². The summed E-state index contributed by atoms with van der Waals surface area (Å²) in [5.41, 5.74) is 1.20. The quantitative estimate of drug-likeness (QED) is 0.881. The Labute approximate surface area is 119 Å². The van der Waals surface area contributed by atoms with Crippen LogP contribution in [0.1, 0.15) is 19.3 Å². The molecule has 0 aromatic heterocycles. The molecule has 3 rings (SSSR count). The van der Waals surface area contributed by atoms with Crippen molar-refractivity contribution in [1.29, 1.82) is 0 Å². The first-order valence-corrected chi connectivity index (χ1v) is 7.76. The molecule has 0 amide bonds. The molecule has 92 valence electrons. The van der Waals surface area contributed by atoms with Gasteiger partial charge in [0.15, 0.2) is 0 Å². The summed E-state index contributed by atoms with van der Waals surface area (Å²) in [5.74, 6) is 0. The van der Waals surface area contributed by atoms with Crippen molar-refractivity contribution in [2.45, 2.75) is 31.3 Å². The highest BCUT2D eigenvalue weighted by molar-refractivity contribution is 9.11. The number of hydrogen-bond acceptors (Lipinski definition) is 2. The molecule has 0 radical (unpaired) electrons. The van der Waals surface area contributed by atoms with Crippen molar-refractivity contribution in [3.8, 4) is 0 Å². The van der Waals surface area contributed by atoms with Crippen molar-refractivity contribution >= 4 is 37.5 Å². The highest BCUT2D eigenvalue weighted by Crippen LogP contribution is 2.32. The minimum atomic E-state index is 0.598. The molecule has 4 heteroatoms. The molecule has 1 aliphatic carbocycles. The third kappa shape index (κ3) is 2.85. The van der Waals surface area contributed by atoms with E-state index >= 15 is 0 Å². The summed E-state index contributed by atoms with van der Waals surface area (Å²) in [5, 5.41) is 3.64. The Balaban J connectivity index is 1.64. The molecule has 2 aliphatic rings. The van der Waals surface area contributed by atoms with Crippen LogP contribution in [-0.2, 0) is 0 Å². The predicted molar refractivity (Wildman–Crippen MR) is 78.5 cm³/mol. The molecule has 2 fully saturated rings. The van der Waals surface area contributed by atoms with Gasteiger partial charge in [-0.1, -0.05) is 15.9 Å². The molecule has 1 N–H and O–H groups in total. The SMILES string of the molecule is Brc1ccc(Br)c(NC2CCN(C3CC3)C2)c1. The maximum atomic E-state index is 3.64. The standard InChI is InChI=1S/C13H16Br2N2/c14-9-1-4-12(15)13(7-9)16-10-5-6-17(8-10)11-2-3-11/h1,4,7,10-11,16H,2-3,5-6,8H2. The molecular formula is C13H16Br2N2. The Kier molecular flexibility index (Phi) is 3.46. The summed E-state index contributed by atoms with van der Waals surface area (Å²) in [7, 11) is 0. The topological polar surface area (TPSA) is 15.3 Å². The van der Waals surface area contributed by atoms with Crippen LogP contribution in [0.25, 0.3) is 0 Å². The highest BCUT2D eigenvalue weighted by atomic mass is 79.9. The summed E-state index contributed by atoms with van der Waals surface area (Å²) in [4.78, 5) is 2.63. The predicted octanol–water partition coefficient (Wildman–Crippen LogP) is 3.86. The number of rotatable bonds is 3. The maximum absolute atomic E-state index is 3.64. The maximum Gasteiger partial charge on any atom is 0.0498 e. The van der Waals surface area contributed by atoms with Gasteiger partial charge in [0.05, 0.1) is 0 Å². The number of hydrogen-bond donors (Lipinski definition) is 1. The molecule has 2 nitrogen and oxygen atoms in total.